The summed E-state index contributed by atoms with van der Waals surface area (Å²) >= 11 is 0. The van der Waals surface area contributed by atoms with Crippen LogP contribution in [-0.2, 0) is 14.1 Å². The fourth-order valence-electron chi connectivity index (χ4n) is 2.78. The van der Waals surface area contributed by atoms with Crippen LogP contribution >= 0.6 is 7.52 Å². The lowest BCUT2D eigenvalue weighted by Crippen LogP contribution is -2.42. The number of hydrogen-bond donors (Lipinski definition) is 5. The van der Waals surface area contributed by atoms with Gasteiger partial charge in [-0.25, -0.2) is 5.09 Å². The molecule has 0 saturated heterocycles. The first-order valence-electron chi connectivity index (χ1n) is 9.68. The second-order valence-electron chi connectivity index (χ2n) is 6.91. The molecule has 13 heteroatoms. The lowest BCUT2D eigenvalue weighted by molar-refractivity contribution is -0.117. The summed E-state index contributed by atoms with van der Waals surface area (Å²) in [4.78, 5) is 35.1. The Bertz CT molecular complexity index is 698. The number of amides is 1. The van der Waals surface area contributed by atoms with Crippen LogP contribution in [0.4, 0.5) is 0 Å². The molecule has 0 aromatic heterocycles. The maximum atomic E-state index is 12.2. The Hall–Kier alpha value is -1.69. The van der Waals surface area contributed by atoms with Crippen molar-refractivity contribution in [1.82, 2.24) is 15.3 Å². The summed E-state index contributed by atoms with van der Waals surface area (Å²) < 4.78 is 17.7. The minimum absolute atomic E-state index is 0.108. The van der Waals surface area contributed by atoms with E-state index < -0.39 is 25.6 Å². The van der Waals surface area contributed by atoms with Crippen molar-refractivity contribution >= 4 is 31.6 Å². The van der Waals surface area contributed by atoms with E-state index in [4.69, 9.17) is 16.2 Å². The molecule has 29 heavy (non-hydrogen) atoms. The minimum Gasteiger partial charge on any atom is -0.368 e. The average Bonchev–Trinajstić information content (AvgIpc) is 3.05. The number of nitrogens with two attached hydrogens (primary N) is 2. The normalized spacial score (nSPS) is 21.6. The number of guanidine groups is 1. The largest absolute Gasteiger partial charge is 0.368 e. The Balaban J connectivity index is 1.65. The predicted octanol–water partition coefficient (Wildman–Crippen LogP) is -1.19. The van der Waals surface area contributed by atoms with Crippen molar-refractivity contribution in [3.8, 4) is 0 Å². The van der Waals surface area contributed by atoms with Gasteiger partial charge in [-0.15, -0.1) is 0 Å². The summed E-state index contributed by atoms with van der Waals surface area (Å²) in [5, 5.41) is 5.91. The zero-order valence-electron chi connectivity index (χ0n) is 16.7. The molecule has 1 amide bonds. The van der Waals surface area contributed by atoms with E-state index in [9.17, 15) is 14.3 Å². The fraction of sp³-hybridized carbons (Fsp3) is 0.750. The molecular weight excluding hydrogens is 399 g/mol. The van der Waals surface area contributed by atoms with E-state index in [1.165, 1.54) is 6.34 Å². The summed E-state index contributed by atoms with van der Waals surface area (Å²) in [6.45, 7) is 4.82. The van der Waals surface area contributed by atoms with Gasteiger partial charge in [-0.2, -0.15) is 9.98 Å². The Kier molecular flexibility index (Phi) is 9.34. The SMILES string of the molecule is CC(CN1C=NC2C(=O)N=C(N)N=C21)OCP(=O)(O)NCCCNCCCCN. The van der Waals surface area contributed by atoms with Crippen LogP contribution in [-0.4, -0.2) is 85.1 Å². The molecule has 164 valence electrons. The maximum Gasteiger partial charge on any atom is 0.292 e. The highest BCUT2D eigenvalue weighted by Gasteiger charge is 2.35. The number of amidine groups is 1. The molecule has 2 aliphatic heterocycles. The van der Waals surface area contributed by atoms with Crippen LogP contribution in [0, 0.1) is 0 Å². The second kappa shape index (κ2) is 11.5. The molecule has 2 heterocycles. The van der Waals surface area contributed by atoms with Crippen molar-refractivity contribution in [1.29, 1.82) is 0 Å². The molecule has 7 N–H and O–H groups in total. The molecule has 0 spiro atoms. The molecule has 3 atom stereocenters. The van der Waals surface area contributed by atoms with Crippen molar-refractivity contribution in [3.63, 3.8) is 0 Å². The number of rotatable bonds is 14. The maximum absolute atomic E-state index is 12.2. The number of unbranched alkanes of at least 4 members (excludes halogenated alkanes) is 1. The molecule has 0 bridgehead atoms. The van der Waals surface area contributed by atoms with E-state index in [1.807, 2.05) is 0 Å². The molecule has 3 unspecified atom stereocenters. The van der Waals surface area contributed by atoms with Gasteiger partial charge in [-0.3, -0.25) is 14.4 Å². The number of nitrogens with zero attached hydrogens (tertiary/aromatic N) is 4. The number of nitrogens with one attached hydrogen (secondary N) is 2. The first-order valence-corrected chi connectivity index (χ1v) is 11.5. The van der Waals surface area contributed by atoms with Gasteiger partial charge < -0.3 is 31.3 Å². The Labute approximate surface area is 170 Å². The van der Waals surface area contributed by atoms with Crippen molar-refractivity contribution in [3.05, 3.63) is 0 Å². The Morgan fingerprint density at radius 1 is 1.31 bits per heavy atom. The molecule has 12 nitrogen and oxygen atoms in total. The van der Waals surface area contributed by atoms with Crippen LogP contribution in [0.2, 0.25) is 0 Å². The second-order valence-corrected chi connectivity index (χ2v) is 8.89. The summed E-state index contributed by atoms with van der Waals surface area (Å²) in [6, 6.07) is -0.774. The van der Waals surface area contributed by atoms with Crippen molar-refractivity contribution in [2.75, 3.05) is 39.1 Å². The highest BCUT2D eigenvalue weighted by molar-refractivity contribution is 7.55. The number of carbonyl (C=O) groups excluding carboxylic acids is 1. The topological polar surface area (TPSA) is 180 Å². The molecule has 0 aliphatic carbocycles. The molecule has 0 fully saturated rings. The number of carbonyl (C=O) groups is 1. The van der Waals surface area contributed by atoms with E-state index in [2.05, 4.69) is 25.4 Å². The molecule has 2 aliphatic rings. The van der Waals surface area contributed by atoms with Crippen molar-refractivity contribution < 1.29 is 19.0 Å². The first-order chi connectivity index (χ1) is 13.8. The zero-order valence-corrected chi connectivity index (χ0v) is 17.6. The fourth-order valence-corrected chi connectivity index (χ4v) is 3.83. The van der Waals surface area contributed by atoms with Gasteiger partial charge in [0.05, 0.1) is 19.0 Å². The molecule has 0 saturated carbocycles. The highest BCUT2D eigenvalue weighted by Crippen LogP contribution is 2.35. The van der Waals surface area contributed by atoms with Gasteiger partial charge in [0, 0.05) is 6.54 Å². The van der Waals surface area contributed by atoms with E-state index in [1.54, 1.807) is 11.8 Å². The van der Waals surface area contributed by atoms with E-state index in [0.717, 1.165) is 32.4 Å². The number of ether oxygens (including phenoxy) is 1. The van der Waals surface area contributed by atoms with Crippen molar-refractivity contribution in [2.24, 2.45) is 26.4 Å². The summed E-state index contributed by atoms with van der Waals surface area (Å²) in [7, 11) is -3.60. The van der Waals surface area contributed by atoms with Gasteiger partial charge >= 0.3 is 0 Å². The van der Waals surface area contributed by atoms with Gasteiger partial charge in [0.25, 0.3) is 13.4 Å². The van der Waals surface area contributed by atoms with Crippen LogP contribution in [0.25, 0.3) is 0 Å². The molecular formula is C16H31N8O4P. The Morgan fingerprint density at radius 3 is 2.83 bits per heavy atom. The first kappa shape index (κ1) is 23.6. The summed E-state index contributed by atoms with van der Waals surface area (Å²) in [5.74, 6) is -0.178. The molecule has 2 rings (SSSR count). The number of aliphatic imine (C=N–C) groups is 3. The predicted molar refractivity (Wildman–Crippen MR) is 112 cm³/mol. The molecule has 0 radical (unpaired) electrons. The van der Waals surface area contributed by atoms with Crippen LogP contribution in [0.3, 0.4) is 0 Å². The summed E-state index contributed by atoms with van der Waals surface area (Å²) in [5.41, 5.74) is 11.0. The quantitative estimate of drug-likeness (QED) is 0.167. The van der Waals surface area contributed by atoms with Crippen molar-refractivity contribution in [2.45, 2.75) is 38.3 Å². The van der Waals surface area contributed by atoms with Gasteiger partial charge in [0.2, 0.25) is 5.96 Å². The lowest BCUT2D eigenvalue weighted by Gasteiger charge is -2.24. The lowest BCUT2D eigenvalue weighted by atomic mass is 10.2. The third-order valence-corrected chi connectivity index (χ3v) is 5.48. The third-order valence-electron chi connectivity index (χ3n) is 4.27. The zero-order chi connectivity index (χ0) is 21.3. The third kappa shape index (κ3) is 7.92. The van der Waals surface area contributed by atoms with Gasteiger partial charge in [-0.05, 0) is 45.8 Å². The smallest absolute Gasteiger partial charge is 0.292 e. The summed E-state index contributed by atoms with van der Waals surface area (Å²) in [6.07, 6.45) is 3.50. The number of fused-ring (bicyclic) bond motifs is 1. The standard InChI is InChI=1S/C16H31N8O4P/c1-12(9-24-10-20-13-14(24)22-16(18)23-15(13)25)28-11-29(26,27)21-8-4-7-19-6-3-2-5-17/h10,12-13,19H,2-9,11,17H2,1H3,(H2,18,23,25)(H2,21,26,27). The van der Waals surface area contributed by atoms with Crippen LogP contribution in [0.1, 0.15) is 26.2 Å². The monoisotopic (exact) mass is 430 g/mol. The molecule has 0 aromatic rings. The van der Waals surface area contributed by atoms with E-state index >= 15 is 0 Å². The van der Waals surface area contributed by atoms with Crippen LogP contribution in [0.15, 0.2) is 15.0 Å². The molecule has 0 aromatic carbocycles. The number of hydrogen-bond acceptors (Lipinski definition) is 9. The minimum atomic E-state index is -3.60. The van der Waals surface area contributed by atoms with Gasteiger partial charge in [-0.1, -0.05) is 0 Å². The van der Waals surface area contributed by atoms with Crippen LogP contribution < -0.4 is 21.9 Å². The Morgan fingerprint density at radius 2 is 2.07 bits per heavy atom. The average molecular weight is 430 g/mol. The van der Waals surface area contributed by atoms with Gasteiger partial charge in [0.1, 0.15) is 12.2 Å². The van der Waals surface area contributed by atoms with Crippen LogP contribution in [0.5, 0.6) is 0 Å². The van der Waals surface area contributed by atoms with E-state index in [0.29, 0.717) is 25.5 Å². The van der Waals surface area contributed by atoms with Gasteiger partial charge in [0.15, 0.2) is 6.04 Å². The highest BCUT2D eigenvalue weighted by atomic mass is 31.2. The van der Waals surface area contributed by atoms with E-state index in [-0.39, 0.29) is 12.3 Å².